The van der Waals surface area contributed by atoms with Crippen LogP contribution in [0.1, 0.15) is 27.2 Å². The van der Waals surface area contributed by atoms with Crippen molar-refractivity contribution < 1.29 is 9.58 Å². The second-order valence-electron chi connectivity index (χ2n) is 3.12. The van der Waals surface area contributed by atoms with Crippen LogP contribution in [0.2, 0.25) is 0 Å². The molecule has 0 saturated heterocycles. The summed E-state index contributed by atoms with van der Waals surface area (Å²) in [5.74, 6) is 5.38. The molecule has 0 spiro atoms. The van der Waals surface area contributed by atoms with Crippen molar-refractivity contribution in [3.05, 3.63) is 0 Å². The summed E-state index contributed by atoms with van der Waals surface area (Å²) in [5.41, 5.74) is 0. The van der Waals surface area contributed by atoms with E-state index in [0.717, 1.165) is 19.6 Å². The van der Waals surface area contributed by atoms with Gasteiger partial charge in [-0.1, -0.05) is 6.92 Å². The van der Waals surface area contributed by atoms with Crippen LogP contribution in [-0.4, -0.2) is 30.3 Å². The summed E-state index contributed by atoms with van der Waals surface area (Å²) in [7, 11) is 0. The Morgan fingerprint density at radius 2 is 1.44 bits per heavy atom. The third-order valence-electron chi connectivity index (χ3n) is 1.77. The van der Waals surface area contributed by atoms with Crippen LogP contribution in [0.25, 0.3) is 0 Å². The van der Waals surface area contributed by atoms with Gasteiger partial charge in [-0.05, 0) is 18.6 Å². The zero-order chi connectivity index (χ0) is 14.4. The highest BCUT2D eigenvalue weighted by atomic mass is 16.7. The molecule has 0 heterocycles. The minimum atomic E-state index is -2.72. The molecule has 0 aliphatic heterocycles. The summed E-state index contributed by atoms with van der Waals surface area (Å²) in [6.45, 7) is 7.85. The maximum atomic E-state index is 8.09. The van der Waals surface area contributed by atoms with Crippen molar-refractivity contribution in [1.29, 1.82) is 21.0 Å². The van der Waals surface area contributed by atoms with Crippen LogP contribution in [0, 0.1) is 44.9 Å². The molecule has 0 rings (SSSR count). The third kappa shape index (κ3) is 6.88. The van der Waals surface area contributed by atoms with Gasteiger partial charge in [-0.25, -0.2) is 21.0 Å². The fraction of sp³-hybridized carbons (Fsp3) is 0.545. The monoisotopic (exact) mass is 245 g/mol. The SMILES string of the molecule is CCC=[N+](CC)OCC.N#C[B-](C#N)(C#N)C#N. The van der Waals surface area contributed by atoms with E-state index in [9.17, 15) is 0 Å². The van der Waals surface area contributed by atoms with Gasteiger partial charge in [-0.3, -0.25) is 4.84 Å². The lowest BCUT2D eigenvalue weighted by Gasteiger charge is -1.98. The Labute approximate surface area is 108 Å². The number of nitriles is 4. The lowest BCUT2D eigenvalue weighted by Crippen LogP contribution is -2.26. The topological polar surface area (TPSA) is 107 Å². The lowest BCUT2D eigenvalue weighted by atomic mass is 9.30. The van der Waals surface area contributed by atoms with E-state index < -0.39 is 6.15 Å². The van der Waals surface area contributed by atoms with Crippen LogP contribution in [0.4, 0.5) is 0 Å². The van der Waals surface area contributed by atoms with E-state index in [2.05, 4.69) is 13.8 Å². The van der Waals surface area contributed by atoms with E-state index in [0.29, 0.717) is 0 Å². The highest BCUT2D eigenvalue weighted by molar-refractivity contribution is 7.05. The van der Waals surface area contributed by atoms with Gasteiger partial charge in [-0.15, -0.1) is 23.9 Å². The predicted molar refractivity (Wildman–Crippen MR) is 67.0 cm³/mol. The van der Waals surface area contributed by atoms with Crippen molar-refractivity contribution in [3.63, 3.8) is 0 Å². The molecule has 0 fully saturated rings. The van der Waals surface area contributed by atoms with Gasteiger partial charge in [-0.2, -0.15) is 0 Å². The smallest absolute Gasteiger partial charge is 0.278 e. The largest absolute Gasteiger partial charge is 0.383 e. The standard InChI is InChI=1S/C7H16NO.C4BN4/c1-4-7-8(5-2)9-6-3;6-1-5(2-7,3-8)4-9/h7H,4-6H2,1-3H3;/q+1;-1. The van der Waals surface area contributed by atoms with Crippen LogP contribution < -0.4 is 0 Å². The molecule has 0 N–H and O–H groups in total. The van der Waals surface area contributed by atoms with Crippen LogP contribution in [-0.2, 0) is 4.84 Å². The van der Waals surface area contributed by atoms with Crippen LogP contribution >= 0.6 is 0 Å². The average molecular weight is 245 g/mol. The molecule has 0 aromatic rings. The van der Waals surface area contributed by atoms with E-state index in [1.54, 1.807) is 0 Å². The van der Waals surface area contributed by atoms with Gasteiger partial charge < -0.3 is 0 Å². The first-order chi connectivity index (χ1) is 8.59. The Morgan fingerprint density at radius 3 is 1.61 bits per heavy atom. The maximum Gasteiger partial charge on any atom is 0.383 e. The molecule has 0 radical (unpaired) electrons. The van der Waals surface area contributed by atoms with Gasteiger partial charge in [0.1, 0.15) is 0 Å². The number of hydrogen-bond donors (Lipinski definition) is 0. The Hall–Kier alpha value is -2.51. The van der Waals surface area contributed by atoms with E-state index >= 15 is 0 Å². The second-order valence-corrected chi connectivity index (χ2v) is 3.12. The first-order valence-corrected chi connectivity index (χ1v) is 5.62. The quantitative estimate of drug-likeness (QED) is 0.319. The summed E-state index contributed by atoms with van der Waals surface area (Å²) in [6.07, 6.45) is 0.358. The van der Waals surface area contributed by atoms with Crippen molar-refractivity contribution in [3.8, 4) is 23.9 Å². The summed E-state index contributed by atoms with van der Waals surface area (Å²) >= 11 is 0. The highest BCUT2D eigenvalue weighted by Crippen LogP contribution is 1.92. The zero-order valence-electron chi connectivity index (χ0n) is 10.9. The van der Waals surface area contributed by atoms with Gasteiger partial charge in [0.15, 0.2) is 19.4 Å². The van der Waals surface area contributed by atoms with E-state index in [1.165, 1.54) is 23.9 Å². The summed E-state index contributed by atoms with van der Waals surface area (Å²) < 4.78 is 1.86. The molecule has 18 heavy (non-hydrogen) atoms. The maximum absolute atomic E-state index is 8.09. The molecule has 0 aliphatic rings. The number of rotatable bonds is 4. The number of hydroxylamine groups is 1. The molecule has 0 amide bonds. The highest BCUT2D eigenvalue weighted by Gasteiger charge is 2.22. The lowest BCUT2D eigenvalue weighted by molar-refractivity contribution is -0.782. The molecular weight excluding hydrogens is 229 g/mol. The van der Waals surface area contributed by atoms with Crippen LogP contribution in [0.5, 0.6) is 0 Å². The summed E-state index contributed by atoms with van der Waals surface area (Å²) in [5, 5.41) is 32.3. The fourth-order valence-electron chi connectivity index (χ4n) is 0.816. The summed E-state index contributed by atoms with van der Waals surface area (Å²) in [4.78, 5) is 5.21. The molecule has 0 saturated carbocycles. The molecule has 94 valence electrons. The molecule has 0 aromatic carbocycles. The minimum absolute atomic E-state index is 0.754. The van der Waals surface area contributed by atoms with Crippen molar-refractivity contribution in [2.45, 2.75) is 27.2 Å². The Balaban J connectivity index is 0. The number of hydrogen-bond acceptors (Lipinski definition) is 5. The normalized spacial score (nSPS) is 9.61. The fourth-order valence-corrected chi connectivity index (χ4v) is 0.816. The van der Waals surface area contributed by atoms with Gasteiger partial charge in [0.2, 0.25) is 0 Å². The van der Waals surface area contributed by atoms with Crippen molar-refractivity contribution in [2.24, 2.45) is 0 Å². The molecule has 0 aromatic heterocycles. The van der Waals surface area contributed by atoms with Gasteiger partial charge >= 0.3 is 6.15 Å². The molecule has 0 aliphatic carbocycles. The van der Waals surface area contributed by atoms with E-state index in [1.807, 2.05) is 17.9 Å². The van der Waals surface area contributed by atoms with Crippen LogP contribution in [0.3, 0.4) is 0 Å². The van der Waals surface area contributed by atoms with Crippen molar-refractivity contribution in [1.82, 2.24) is 0 Å². The minimum Gasteiger partial charge on any atom is -0.278 e. The molecular formula is C11H16BN5O. The molecule has 6 nitrogen and oxygen atoms in total. The molecule has 0 atom stereocenters. The van der Waals surface area contributed by atoms with Crippen molar-refractivity contribution in [2.75, 3.05) is 13.2 Å². The first kappa shape index (κ1) is 17.9. The van der Waals surface area contributed by atoms with Gasteiger partial charge in [0, 0.05) is 6.42 Å². The summed E-state index contributed by atoms with van der Waals surface area (Å²) in [6, 6.07) is 0. The van der Waals surface area contributed by atoms with E-state index in [4.69, 9.17) is 25.9 Å². The Kier molecular flexibility index (Phi) is 10.9. The molecule has 0 bridgehead atoms. The first-order valence-electron chi connectivity index (χ1n) is 5.62. The van der Waals surface area contributed by atoms with Crippen LogP contribution in [0.15, 0.2) is 0 Å². The van der Waals surface area contributed by atoms with Gasteiger partial charge in [0.05, 0.1) is 0 Å². The Bertz CT molecular complexity index is 371. The average Bonchev–Trinajstić information content (AvgIpc) is 2.42. The number of nitrogens with zero attached hydrogens (tertiary/aromatic N) is 5. The zero-order valence-corrected chi connectivity index (χ0v) is 10.9. The predicted octanol–water partition coefficient (Wildman–Crippen LogP) is 1.14. The van der Waals surface area contributed by atoms with E-state index in [-0.39, 0.29) is 0 Å². The molecule has 7 heteroatoms. The second kappa shape index (κ2) is 11.0. The molecule has 0 unspecified atom stereocenters. The van der Waals surface area contributed by atoms with Gasteiger partial charge in [0.25, 0.3) is 0 Å². The third-order valence-corrected chi connectivity index (χ3v) is 1.77. The van der Waals surface area contributed by atoms with Crippen molar-refractivity contribution >= 4 is 12.4 Å². The Morgan fingerprint density at radius 1 is 1.00 bits per heavy atom.